The van der Waals surface area contributed by atoms with E-state index in [1.807, 2.05) is 24.3 Å². The van der Waals surface area contributed by atoms with Crippen LogP contribution in [0.3, 0.4) is 0 Å². The molecule has 2 aromatic rings. The first-order valence-corrected chi connectivity index (χ1v) is 10.5. The van der Waals surface area contributed by atoms with Gasteiger partial charge in [-0.1, -0.05) is 42.8 Å². The number of sulfonamides is 1. The summed E-state index contributed by atoms with van der Waals surface area (Å²) < 4.78 is 27.3. The Morgan fingerprint density at radius 3 is 2.26 bits per heavy atom. The van der Waals surface area contributed by atoms with E-state index in [1.165, 1.54) is 49.1 Å². The standard InChI is InChI=1S/C19H23N3O4S/c23-22(24)18-6-2-3-7-19(18)27(25,26)20-14-16-8-10-17(11-9-16)15-21-12-4-1-5-13-21/h2-3,6-11,20H,1,4-5,12-15H2. The smallest absolute Gasteiger partial charge is 0.289 e. The summed E-state index contributed by atoms with van der Waals surface area (Å²) in [6, 6.07) is 13.1. The third-order valence-corrected chi connectivity index (χ3v) is 6.14. The van der Waals surface area contributed by atoms with Gasteiger partial charge in [0.25, 0.3) is 5.69 Å². The van der Waals surface area contributed by atoms with Gasteiger partial charge in [-0.2, -0.15) is 0 Å². The lowest BCUT2D eigenvalue weighted by Gasteiger charge is -2.26. The van der Waals surface area contributed by atoms with Crippen LogP contribution in [0.15, 0.2) is 53.4 Å². The van der Waals surface area contributed by atoms with Crippen LogP contribution in [0.25, 0.3) is 0 Å². The number of rotatable bonds is 7. The Balaban J connectivity index is 1.63. The third kappa shape index (κ3) is 5.12. The lowest BCUT2D eigenvalue weighted by Crippen LogP contribution is -2.29. The number of nitro groups is 1. The molecule has 0 amide bonds. The molecule has 1 aliphatic heterocycles. The molecule has 0 spiro atoms. The summed E-state index contributed by atoms with van der Waals surface area (Å²) in [6.07, 6.45) is 3.78. The zero-order valence-electron chi connectivity index (χ0n) is 15.0. The molecule has 1 aliphatic rings. The molecule has 27 heavy (non-hydrogen) atoms. The first-order valence-electron chi connectivity index (χ1n) is 8.99. The highest BCUT2D eigenvalue weighted by atomic mass is 32.2. The molecule has 0 saturated carbocycles. The molecule has 0 aromatic heterocycles. The van der Waals surface area contributed by atoms with E-state index in [0.29, 0.717) is 0 Å². The van der Waals surface area contributed by atoms with Crippen molar-refractivity contribution in [1.29, 1.82) is 0 Å². The molecule has 1 N–H and O–H groups in total. The van der Waals surface area contributed by atoms with Gasteiger partial charge < -0.3 is 0 Å². The van der Waals surface area contributed by atoms with Crippen molar-refractivity contribution in [3.05, 3.63) is 69.8 Å². The minimum Gasteiger partial charge on any atom is -0.299 e. The van der Waals surface area contributed by atoms with Gasteiger partial charge in [0.1, 0.15) is 0 Å². The van der Waals surface area contributed by atoms with Gasteiger partial charge >= 0.3 is 0 Å². The molecule has 8 heteroatoms. The summed E-state index contributed by atoms with van der Waals surface area (Å²) in [5.74, 6) is 0. The Labute approximate surface area is 159 Å². The fraction of sp³-hybridized carbons (Fsp3) is 0.368. The second-order valence-corrected chi connectivity index (χ2v) is 8.44. The molecule has 144 valence electrons. The van der Waals surface area contributed by atoms with Crippen molar-refractivity contribution in [2.45, 2.75) is 37.2 Å². The zero-order valence-corrected chi connectivity index (χ0v) is 15.8. The molecule has 0 aliphatic carbocycles. The van der Waals surface area contributed by atoms with E-state index < -0.39 is 20.6 Å². The Bertz CT molecular complexity index is 891. The lowest BCUT2D eigenvalue weighted by atomic mass is 10.1. The van der Waals surface area contributed by atoms with E-state index in [0.717, 1.165) is 25.2 Å². The number of likely N-dealkylation sites (tertiary alicyclic amines) is 1. The van der Waals surface area contributed by atoms with Crippen molar-refractivity contribution in [2.75, 3.05) is 13.1 Å². The Hall–Kier alpha value is -2.29. The topological polar surface area (TPSA) is 92.5 Å². The highest BCUT2D eigenvalue weighted by Gasteiger charge is 2.24. The maximum Gasteiger partial charge on any atom is 0.289 e. The van der Waals surface area contributed by atoms with Crippen molar-refractivity contribution in [3.8, 4) is 0 Å². The normalized spacial score (nSPS) is 15.6. The molecule has 1 saturated heterocycles. The number of nitrogens with one attached hydrogen (secondary N) is 1. The second-order valence-electron chi connectivity index (χ2n) is 6.70. The minimum absolute atomic E-state index is 0.0817. The van der Waals surface area contributed by atoms with Crippen molar-refractivity contribution in [1.82, 2.24) is 9.62 Å². The van der Waals surface area contributed by atoms with Crippen LogP contribution in [-0.2, 0) is 23.1 Å². The monoisotopic (exact) mass is 389 g/mol. The van der Waals surface area contributed by atoms with Crippen LogP contribution in [0.4, 0.5) is 5.69 Å². The number of nitrogens with zero attached hydrogens (tertiary/aromatic N) is 2. The van der Waals surface area contributed by atoms with E-state index in [9.17, 15) is 18.5 Å². The zero-order chi connectivity index (χ0) is 19.3. The van der Waals surface area contributed by atoms with E-state index >= 15 is 0 Å². The number of hydrogen-bond acceptors (Lipinski definition) is 5. The number of para-hydroxylation sites is 1. The van der Waals surface area contributed by atoms with Gasteiger partial charge in [0, 0.05) is 19.2 Å². The van der Waals surface area contributed by atoms with E-state index in [4.69, 9.17) is 0 Å². The Morgan fingerprint density at radius 1 is 0.963 bits per heavy atom. The van der Waals surface area contributed by atoms with Gasteiger partial charge in [0.05, 0.1) is 4.92 Å². The number of hydrogen-bond donors (Lipinski definition) is 1. The molecule has 2 aromatic carbocycles. The van der Waals surface area contributed by atoms with Crippen molar-refractivity contribution in [2.24, 2.45) is 0 Å². The average molecular weight is 389 g/mol. The third-order valence-electron chi connectivity index (χ3n) is 4.70. The highest BCUT2D eigenvalue weighted by Crippen LogP contribution is 2.23. The fourth-order valence-electron chi connectivity index (χ4n) is 3.23. The Kier molecular flexibility index (Phi) is 6.20. The number of piperidine rings is 1. The summed E-state index contributed by atoms with van der Waals surface area (Å²) in [5.41, 5.74) is 1.57. The lowest BCUT2D eigenvalue weighted by molar-refractivity contribution is -0.387. The van der Waals surface area contributed by atoms with E-state index in [2.05, 4.69) is 9.62 Å². The molecule has 7 nitrogen and oxygen atoms in total. The van der Waals surface area contributed by atoms with Gasteiger partial charge in [0.2, 0.25) is 10.0 Å². The maximum absolute atomic E-state index is 12.4. The SMILES string of the molecule is O=[N+]([O-])c1ccccc1S(=O)(=O)NCc1ccc(CN2CCCCC2)cc1. The summed E-state index contributed by atoms with van der Waals surface area (Å²) in [5, 5.41) is 11.1. The summed E-state index contributed by atoms with van der Waals surface area (Å²) in [4.78, 5) is 12.5. The molecule has 0 radical (unpaired) electrons. The molecule has 0 unspecified atom stereocenters. The first-order chi connectivity index (χ1) is 13.0. The molecule has 0 bridgehead atoms. The summed E-state index contributed by atoms with van der Waals surface area (Å²) in [7, 11) is -3.97. The van der Waals surface area contributed by atoms with Gasteiger partial charge in [0.15, 0.2) is 4.90 Å². The minimum atomic E-state index is -3.97. The predicted molar refractivity (Wildman–Crippen MR) is 103 cm³/mol. The van der Waals surface area contributed by atoms with Gasteiger partial charge in [-0.05, 0) is 43.1 Å². The van der Waals surface area contributed by atoms with Crippen LogP contribution < -0.4 is 4.72 Å². The fourth-order valence-corrected chi connectivity index (χ4v) is 4.42. The molecular weight excluding hydrogens is 366 g/mol. The number of benzene rings is 2. The second kappa shape index (κ2) is 8.60. The quantitative estimate of drug-likeness (QED) is 0.580. The van der Waals surface area contributed by atoms with Gasteiger partial charge in [-0.3, -0.25) is 15.0 Å². The Morgan fingerprint density at radius 2 is 1.59 bits per heavy atom. The van der Waals surface area contributed by atoms with Crippen LogP contribution in [0.1, 0.15) is 30.4 Å². The molecular formula is C19H23N3O4S. The van der Waals surface area contributed by atoms with Crippen molar-refractivity contribution in [3.63, 3.8) is 0 Å². The predicted octanol–water partition coefficient (Wildman–Crippen LogP) is 3.06. The molecule has 3 rings (SSSR count). The van der Waals surface area contributed by atoms with Crippen LogP contribution in [0.2, 0.25) is 0 Å². The van der Waals surface area contributed by atoms with Crippen LogP contribution >= 0.6 is 0 Å². The molecule has 0 atom stereocenters. The van der Waals surface area contributed by atoms with Gasteiger partial charge in [-0.15, -0.1) is 0 Å². The van der Waals surface area contributed by atoms with Crippen LogP contribution in [0.5, 0.6) is 0 Å². The van der Waals surface area contributed by atoms with E-state index in [1.54, 1.807) is 0 Å². The first kappa shape index (κ1) is 19.5. The largest absolute Gasteiger partial charge is 0.299 e. The van der Waals surface area contributed by atoms with Crippen LogP contribution in [-0.4, -0.2) is 31.3 Å². The van der Waals surface area contributed by atoms with Crippen molar-refractivity contribution < 1.29 is 13.3 Å². The highest BCUT2D eigenvalue weighted by molar-refractivity contribution is 7.89. The molecule has 1 fully saturated rings. The van der Waals surface area contributed by atoms with Crippen molar-refractivity contribution >= 4 is 15.7 Å². The summed E-state index contributed by atoms with van der Waals surface area (Å²) in [6.45, 7) is 3.23. The number of nitro benzene ring substituents is 1. The van der Waals surface area contributed by atoms with Gasteiger partial charge in [-0.25, -0.2) is 13.1 Å². The maximum atomic E-state index is 12.4. The molecule has 1 heterocycles. The summed E-state index contributed by atoms with van der Waals surface area (Å²) >= 11 is 0. The van der Waals surface area contributed by atoms with E-state index in [-0.39, 0.29) is 11.4 Å². The van der Waals surface area contributed by atoms with Crippen LogP contribution in [0, 0.1) is 10.1 Å². The average Bonchev–Trinajstić information content (AvgIpc) is 2.68.